The van der Waals surface area contributed by atoms with E-state index in [1.807, 2.05) is 37.3 Å². The Morgan fingerprint density at radius 1 is 0.926 bits per heavy atom. The Balaban J connectivity index is 2.04. The van der Waals surface area contributed by atoms with Crippen LogP contribution in [0.1, 0.15) is 42.6 Å². The number of carbonyl (C=O) groups excluding carboxylic acids is 2. The zero-order chi connectivity index (χ0) is 20.0. The maximum Gasteiger partial charge on any atom is 0.257 e. The van der Waals surface area contributed by atoms with Gasteiger partial charge in [0.2, 0.25) is 5.91 Å². The predicted octanol–water partition coefficient (Wildman–Crippen LogP) is 3.64. The zero-order valence-electron chi connectivity index (χ0n) is 15.6. The molecule has 2 aromatic carbocycles. The van der Waals surface area contributed by atoms with Gasteiger partial charge in [0.25, 0.3) is 5.91 Å². The minimum absolute atomic E-state index is 0.0858. The van der Waals surface area contributed by atoms with Gasteiger partial charge in [-0.15, -0.1) is 0 Å². The first-order valence-corrected chi connectivity index (χ1v) is 8.88. The SMILES string of the molecule is CC(CNC(=O)[C@@H](NC(=O)c1c(F)cccc1F)C(C)C)c1ccccc1. The average molecular weight is 374 g/mol. The summed E-state index contributed by atoms with van der Waals surface area (Å²) < 4.78 is 27.6. The second-order valence-electron chi connectivity index (χ2n) is 6.85. The monoisotopic (exact) mass is 374 g/mol. The fourth-order valence-corrected chi connectivity index (χ4v) is 2.73. The second kappa shape index (κ2) is 9.26. The van der Waals surface area contributed by atoms with Crippen LogP contribution in [0.25, 0.3) is 0 Å². The Bertz CT molecular complexity index is 774. The van der Waals surface area contributed by atoms with E-state index < -0.39 is 35.1 Å². The molecule has 6 heteroatoms. The minimum Gasteiger partial charge on any atom is -0.354 e. The maximum absolute atomic E-state index is 13.8. The third-order valence-electron chi connectivity index (χ3n) is 4.38. The van der Waals surface area contributed by atoms with Crippen LogP contribution < -0.4 is 10.6 Å². The van der Waals surface area contributed by atoms with E-state index in [1.165, 1.54) is 6.07 Å². The molecular weight excluding hydrogens is 350 g/mol. The number of hydrogen-bond acceptors (Lipinski definition) is 2. The van der Waals surface area contributed by atoms with Gasteiger partial charge in [-0.1, -0.05) is 57.2 Å². The Kier molecular flexibility index (Phi) is 7.05. The molecular formula is C21H24F2N2O2. The summed E-state index contributed by atoms with van der Waals surface area (Å²) in [5.41, 5.74) is 0.393. The summed E-state index contributed by atoms with van der Waals surface area (Å²) >= 11 is 0. The summed E-state index contributed by atoms with van der Waals surface area (Å²) in [6.45, 7) is 5.87. The lowest BCUT2D eigenvalue weighted by atomic mass is 9.99. The van der Waals surface area contributed by atoms with Crippen molar-refractivity contribution in [2.45, 2.75) is 32.7 Å². The van der Waals surface area contributed by atoms with Gasteiger partial charge in [0.15, 0.2) is 0 Å². The molecule has 0 aliphatic heterocycles. The van der Waals surface area contributed by atoms with Crippen LogP contribution in [0.4, 0.5) is 8.78 Å². The summed E-state index contributed by atoms with van der Waals surface area (Å²) in [5.74, 6) is -3.44. The molecule has 2 rings (SSSR count). The molecule has 4 nitrogen and oxygen atoms in total. The fourth-order valence-electron chi connectivity index (χ4n) is 2.73. The molecule has 0 fully saturated rings. The molecule has 0 saturated heterocycles. The highest BCUT2D eigenvalue weighted by atomic mass is 19.1. The fraction of sp³-hybridized carbons (Fsp3) is 0.333. The number of rotatable bonds is 7. The van der Waals surface area contributed by atoms with Crippen molar-refractivity contribution in [2.24, 2.45) is 5.92 Å². The third-order valence-corrected chi connectivity index (χ3v) is 4.38. The first-order valence-electron chi connectivity index (χ1n) is 8.88. The number of halogens is 2. The zero-order valence-corrected chi connectivity index (χ0v) is 15.6. The number of carbonyl (C=O) groups is 2. The van der Waals surface area contributed by atoms with Crippen LogP contribution in [0.5, 0.6) is 0 Å². The van der Waals surface area contributed by atoms with Gasteiger partial charge in [-0.05, 0) is 29.5 Å². The first kappa shape index (κ1) is 20.6. The molecule has 0 radical (unpaired) electrons. The van der Waals surface area contributed by atoms with E-state index in [1.54, 1.807) is 13.8 Å². The van der Waals surface area contributed by atoms with Crippen molar-refractivity contribution >= 4 is 11.8 Å². The van der Waals surface area contributed by atoms with Crippen LogP contribution in [0.2, 0.25) is 0 Å². The summed E-state index contributed by atoms with van der Waals surface area (Å²) in [6, 6.07) is 12.0. The van der Waals surface area contributed by atoms with E-state index in [0.717, 1.165) is 17.7 Å². The number of hydrogen-bond donors (Lipinski definition) is 2. The molecule has 2 atom stereocenters. The summed E-state index contributed by atoms with van der Waals surface area (Å²) in [4.78, 5) is 24.8. The van der Waals surface area contributed by atoms with Crippen LogP contribution in [-0.2, 0) is 4.79 Å². The number of benzene rings is 2. The standard InChI is InChI=1S/C21H24F2N2O2/c1-13(2)19(25-20(26)18-16(22)10-7-11-17(18)23)21(27)24-12-14(3)15-8-5-4-6-9-15/h4-11,13-14,19H,12H2,1-3H3,(H,24,27)(H,25,26)/t14?,19-/m0/s1. The molecule has 2 aromatic rings. The van der Waals surface area contributed by atoms with Crippen molar-refractivity contribution in [3.8, 4) is 0 Å². The lowest BCUT2D eigenvalue weighted by molar-refractivity contribution is -0.124. The van der Waals surface area contributed by atoms with E-state index >= 15 is 0 Å². The van der Waals surface area contributed by atoms with E-state index in [2.05, 4.69) is 10.6 Å². The number of nitrogens with one attached hydrogen (secondary N) is 2. The molecule has 0 heterocycles. The van der Waals surface area contributed by atoms with Gasteiger partial charge >= 0.3 is 0 Å². The topological polar surface area (TPSA) is 58.2 Å². The smallest absolute Gasteiger partial charge is 0.257 e. The van der Waals surface area contributed by atoms with Crippen molar-refractivity contribution in [3.05, 3.63) is 71.3 Å². The van der Waals surface area contributed by atoms with Gasteiger partial charge in [0.05, 0.1) is 0 Å². The molecule has 2 amide bonds. The van der Waals surface area contributed by atoms with Gasteiger partial charge < -0.3 is 10.6 Å². The van der Waals surface area contributed by atoms with Gasteiger partial charge in [-0.3, -0.25) is 9.59 Å². The largest absolute Gasteiger partial charge is 0.354 e. The molecule has 2 N–H and O–H groups in total. The Morgan fingerprint density at radius 3 is 2.07 bits per heavy atom. The Morgan fingerprint density at radius 2 is 1.52 bits per heavy atom. The van der Waals surface area contributed by atoms with E-state index in [0.29, 0.717) is 6.54 Å². The molecule has 144 valence electrons. The highest BCUT2D eigenvalue weighted by Crippen LogP contribution is 2.15. The van der Waals surface area contributed by atoms with Crippen molar-refractivity contribution in [1.29, 1.82) is 0 Å². The quantitative estimate of drug-likeness (QED) is 0.777. The molecule has 0 aliphatic rings. The Hall–Kier alpha value is -2.76. The summed E-state index contributed by atoms with van der Waals surface area (Å²) in [7, 11) is 0. The van der Waals surface area contributed by atoms with Crippen LogP contribution in [0, 0.1) is 17.6 Å². The van der Waals surface area contributed by atoms with Crippen molar-refractivity contribution < 1.29 is 18.4 Å². The van der Waals surface area contributed by atoms with Gasteiger partial charge in [0, 0.05) is 6.54 Å². The summed E-state index contributed by atoms with van der Waals surface area (Å²) in [6.07, 6.45) is 0. The first-order chi connectivity index (χ1) is 12.8. The predicted molar refractivity (Wildman–Crippen MR) is 100 cm³/mol. The van der Waals surface area contributed by atoms with Crippen molar-refractivity contribution in [2.75, 3.05) is 6.54 Å². The molecule has 0 aromatic heterocycles. The van der Waals surface area contributed by atoms with Crippen molar-refractivity contribution in [1.82, 2.24) is 10.6 Å². The van der Waals surface area contributed by atoms with E-state index in [9.17, 15) is 18.4 Å². The van der Waals surface area contributed by atoms with Crippen molar-refractivity contribution in [3.63, 3.8) is 0 Å². The van der Waals surface area contributed by atoms with Gasteiger partial charge in [0.1, 0.15) is 23.2 Å². The molecule has 0 spiro atoms. The molecule has 0 bridgehead atoms. The molecule has 0 aliphatic carbocycles. The lowest BCUT2D eigenvalue weighted by Crippen LogP contribution is -2.50. The van der Waals surface area contributed by atoms with Crippen LogP contribution in [-0.4, -0.2) is 24.4 Å². The molecule has 1 unspecified atom stereocenters. The van der Waals surface area contributed by atoms with Crippen LogP contribution in [0.15, 0.2) is 48.5 Å². The normalized spacial score (nSPS) is 13.1. The average Bonchev–Trinajstić information content (AvgIpc) is 2.64. The number of amides is 2. The lowest BCUT2D eigenvalue weighted by Gasteiger charge is -2.23. The highest BCUT2D eigenvalue weighted by molar-refractivity contribution is 5.98. The second-order valence-corrected chi connectivity index (χ2v) is 6.85. The Labute approximate surface area is 158 Å². The van der Waals surface area contributed by atoms with Gasteiger partial charge in [-0.25, -0.2) is 8.78 Å². The molecule has 0 saturated carbocycles. The van der Waals surface area contributed by atoms with Gasteiger partial charge in [-0.2, -0.15) is 0 Å². The summed E-state index contributed by atoms with van der Waals surface area (Å²) in [5, 5.41) is 5.25. The highest BCUT2D eigenvalue weighted by Gasteiger charge is 2.27. The molecule has 27 heavy (non-hydrogen) atoms. The van der Waals surface area contributed by atoms with E-state index in [-0.39, 0.29) is 11.8 Å². The maximum atomic E-state index is 13.8. The van der Waals surface area contributed by atoms with E-state index in [4.69, 9.17) is 0 Å². The minimum atomic E-state index is -0.965. The third kappa shape index (κ3) is 5.36. The van der Waals surface area contributed by atoms with Crippen LogP contribution in [0.3, 0.4) is 0 Å². The van der Waals surface area contributed by atoms with Crippen LogP contribution >= 0.6 is 0 Å².